The second-order valence-corrected chi connectivity index (χ2v) is 5.50. The molecule has 0 spiro atoms. The lowest BCUT2D eigenvalue weighted by molar-refractivity contribution is 0.0543. The largest absolute Gasteiger partial charge is 0.314 e. The van der Waals surface area contributed by atoms with Gasteiger partial charge in [-0.1, -0.05) is 19.8 Å². The van der Waals surface area contributed by atoms with E-state index in [9.17, 15) is 0 Å². The summed E-state index contributed by atoms with van der Waals surface area (Å²) in [6.07, 6.45) is 7.04. The maximum Gasteiger partial charge on any atom is 0.0334 e. The van der Waals surface area contributed by atoms with Crippen LogP contribution in [0.15, 0.2) is 0 Å². The predicted octanol–water partition coefficient (Wildman–Crippen LogP) is 2.25. The summed E-state index contributed by atoms with van der Waals surface area (Å²) >= 11 is 0. The van der Waals surface area contributed by atoms with Crippen LogP contribution in [0.4, 0.5) is 0 Å². The van der Waals surface area contributed by atoms with Gasteiger partial charge in [0, 0.05) is 25.2 Å². The van der Waals surface area contributed by atoms with Crippen LogP contribution in [0.5, 0.6) is 0 Å². The molecule has 2 fully saturated rings. The van der Waals surface area contributed by atoms with Crippen molar-refractivity contribution in [2.45, 2.75) is 51.5 Å². The van der Waals surface area contributed by atoms with Crippen molar-refractivity contribution in [1.29, 1.82) is 0 Å². The molecule has 1 heterocycles. The summed E-state index contributed by atoms with van der Waals surface area (Å²) in [5.41, 5.74) is 0.478. The van der Waals surface area contributed by atoms with Crippen LogP contribution in [-0.4, -0.2) is 36.6 Å². The lowest BCUT2D eigenvalue weighted by Crippen LogP contribution is -2.61. The summed E-state index contributed by atoms with van der Waals surface area (Å²) < 4.78 is 0. The van der Waals surface area contributed by atoms with Crippen LogP contribution < -0.4 is 5.32 Å². The Bertz CT molecular complexity index is 201. The van der Waals surface area contributed by atoms with Crippen molar-refractivity contribution in [2.75, 3.05) is 26.2 Å². The Hall–Kier alpha value is -0.0800. The summed E-state index contributed by atoms with van der Waals surface area (Å²) in [7, 11) is 0. The lowest BCUT2D eigenvalue weighted by atomic mass is 9.91. The molecule has 1 saturated heterocycles. The van der Waals surface area contributed by atoms with Gasteiger partial charge in [0.15, 0.2) is 0 Å². The lowest BCUT2D eigenvalue weighted by Gasteiger charge is -2.46. The van der Waals surface area contributed by atoms with Crippen LogP contribution in [0.25, 0.3) is 0 Å². The van der Waals surface area contributed by atoms with Gasteiger partial charge >= 0.3 is 0 Å². The van der Waals surface area contributed by atoms with E-state index in [1.165, 1.54) is 58.3 Å². The summed E-state index contributed by atoms with van der Waals surface area (Å²) in [4.78, 5) is 2.76. The average Bonchev–Trinajstić information content (AvgIpc) is 3.05. The van der Waals surface area contributed by atoms with E-state index < -0.39 is 0 Å². The number of hydrogen-bond acceptors (Lipinski definition) is 2. The zero-order valence-electron chi connectivity index (χ0n) is 10.4. The molecule has 0 amide bonds. The first-order chi connectivity index (χ1) is 7.27. The third-order valence-corrected chi connectivity index (χ3v) is 4.25. The molecule has 1 saturated carbocycles. The molecule has 0 bridgehead atoms. The van der Waals surface area contributed by atoms with Gasteiger partial charge in [-0.25, -0.2) is 0 Å². The molecule has 1 atom stereocenters. The third-order valence-electron chi connectivity index (χ3n) is 4.25. The monoisotopic (exact) mass is 210 g/mol. The first-order valence-electron chi connectivity index (χ1n) is 6.73. The van der Waals surface area contributed by atoms with Gasteiger partial charge in [0.05, 0.1) is 0 Å². The molecule has 2 rings (SSSR count). The number of rotatable bonds is 5. The highest BCUT2D eigenvalue weighted by molar-refractivity contribution is 5.02. The van der Waals surface area contributed by atoms with Crippen molar-refractivity contribution in [1.82, 2.24) is 10.2 Å². The summed E-state index contributed by atoms with van der Waals surface area (Å²) in [6.45, 7) is 9.75. The van der Waals surface area contributed by atoms with Crippen molar-refractivity contribution >= 4 is 0 Å². The van der Waals surface area contributed by atoms with Gasteiger partial charge in [-0.05, 0) is 38.6 Å². The van der Waals surface area contributed by atoms with E-state index in [1.807, 2.05) is 0 Å². The molecular formula is C13H26N2. The topological polar surface area (TPSA) is 15.3 Å². The second-order valence-electron chi connectivity index (χ2n) is 5.50. The molecule has 0 radical (unpaired) electrons. The van der Waals surface area contributed by atoms with Gasteiger partial charge in [0.2, 0.25) is 0 Å². The standard InChI is InChI=1S/C13H26N2/c1-3-4-5-9-15-10-8-14-11-13(15,2)12-6-7-12/h12,14H,3-11H2,1-2H3. The molecule has 1 unspecified atom stereocenters. The zero-order valence-corrected chi connectivity index (χ0v) is 10.4. The Balaban J connectivity index is 1.87. The molecular weight excluding hydrogens is 184 g/mol. The molecule has 2 heteroatoms. The van der Waals surface area contributed by atoms with Crippen LogP contribution in [0.3, 0.4) is 0 Å². The second kappa shape index (κ2) is 4.84. The Morgan fingerprint density at radius 3 is 2.80 bits per heavy atom. The maximum absolute atomic E-state index is 3.58. The first kappa shape index (κ1) is 11.4. The van der Waals surface area contributed by atoms with E-state index in [0.717, 1.165) is 5.92 Å². The number of piperazine rings is 1. The summed E-state index contributed by atoms with van der Waals surface area (Å²) in [6, 6.07) is 0. The minimum atomic E-state index is 0.478. The first-order valence-corrected chi connectivity index (χ1v) is 6.73. The Morgan fingerprint density at radius 1 is 1.33 bits per heavy atom. The molecule has 1 aliphatic heterocycles. The fraction of sp³-hybridized carbons (Fsp3) is 1.00. The molecule has 2 nitrogen and oxygen atoms in total. The molecule has 88 valence electrons. The number of unbranched alkanes of at least 4 members (excludes halogenated alkanes) is 2. The van der Waals surface area contributed by atoms with E-state index in [2.05, 4.69) is 24.1 Å². The highest BCUT2D eigenvalue weighted by Gasteiger charge is 2.46. The highest BCUT2D eigenvalue weighted by Crippen LogP contribution is 2.43. The third kappa shape index (κ3) is 2.54. The summed E-state index contributed by atoms with van der Waals surface area (Å²) in [5, 5.41) is 3.58. The molecule has 0 aromatic heterocycles. The maximum atomic E-state index is 3.58. The Morgan fingerprint density at radius 2 is 2.13 bits per heavy atom. The van der Waals surface area contributed by atoms with E-state index in [-0.39, 0.29) is 0 Å². The van der Waals surface area contributed by atoms with Crippen molar-refractivity contribution in [2.24, 2.45) is 5.92 Å². The normalized spacial score (nSPS) is 33.2. The fourth-order valence-electron chi connectivity index (χ4n) is 2.95. The highest BCUT2D eigenvalue weighted by atomic mass is 15.3. The van der Waals surface area contributed by atoms with Crippen LogP contribution in [0.1, 0.15) is 46.0 Å². The van der Waals surface area contributed by atoms with Crippen LogP contribution in [0.2, 0.25) is 0 Å². The number of hydrogen-bond donors (Lipinski definition) is 1. The fourth-order valence-corrected chi connectivity index (χ4v) is 2.95. The smallest absolute Gasteiger partial charge is 0.0334 e. The van der Waals surface area contributed by atoms with Crippen LogP contribution in [-0.2, 0) is 0 Å². The van der Waals surface area contributed by atoms with Gasteiger partial charge < -0.3 is 5.32 Å². The van der Waals surface area contributed by atoms with E-state index >= 15 is 0 Å². The van der Waals surface area contributed by atoms with Gasteiger partial charge in [-0.3, -0.25) is 4.90 Å². The molecule has 2 aliphatic rings. The predicted molar refractivity (Wildman–Crippen MR) is 65.1 cm³/mol. The van der Waals surface area contributed by atoms with Crippen molar-refractivity contribution in [3.05, 3.63) is 0 Å². The van der Waals surface area contributed by atoms with Crippen LogP contribution >= 0.6 is 0 Å². The van der Waals surface area contributed by atoms with Crippen molar-refractivity contribution in [3.8, 4) is 0 Å². The molecule has 0 aromatic carbocycles. The van der Waals surface area contributed by atoms with Crippen molar-refractivity contribution in [3.63, 3.8) is 0 Å². The Kier molecular flexibility index (Phi) is 3.68. The molecule has 1 N–H and O–H groups in total. The minimum Gasteiger partial charge on any atom is -0.314 e. The van der Waals surface area contributed by atoms with Crippen molar-refractivity contribution < 1.29 is 0 Å². The molecule has 1 aliphatic carbocycles. The average molecular weight is 210 g/mol. The molecule has 0 aromatic rings. The van der Waals surface area contributed by atoms with Gasteiger partial charge in [0.25, 0.3) is 0 Å². The van der Waals surface area contributed by atoms with Gasteiger partial charge in [-0.15, -0.1) is 0 Å². The number of nitrogens with zero attached hydrogens (tertiary/aromatic N) is 1. The van der Waals surface area contributed by atoms with Gasteiger partial charge in [-0.2, -0.15) is 0 Å². The molecule has 15 heavy (non-hydrogen) atoms. The number of nitrogens with one attached hydrogen (secondary N) is 1. The van der Waals surface area contributed by atoms with E-state index in [1.54, 1.807) is 0 Å². The SMILES string of the molecule is CCCCCN1CCNCC1(C)C1CC1. The summed E-state index contributed by atoms with van der Waals surface area (Å²) in [5.74, 6) is 0.979. The zero-order chi connectivity index (χ0) is 10.7. The van der Waals surface area contributed by atoms with Crippen LogP contribution in [0, 0.1) is 5.92 Å². The van der Waals surface area contributed by atoms with E-state index in [0.29, 0.717) is 5.54 Å². The Labute approximate surface area is 94.4 Å². The van der Waals surface area contributed by atoms with E-state index in [4.69, 9.17) is 0 Å². The van der Waals surface area contributed by atoms with Gasteiger partial charge in [0.1, 0.15) is 0 Å². The minimum absolute atomic E-state index is 0.478. The quantitative estimate of drug-likeness (QED) is 0.700.